The predicted molar refractivity (Wildman–Crippen MR) is 224 cm³/mol. The van der Waals surface area contributed by atoms with E-state index in [9.17, 15) is 63.3 Å². The fourth-order valence-electron chi connectivity index (χ4n) is 5.96. The van der Waals surface area contributed by atoms with E-state index in [0.717, 1.165) is 25.7 Å². The van der Waals surface area contributed by atoms with Crippen LogP contribution in [0.2, 0.25) is 0 Å². The Morgan fingerprint density at radius 1 is 0.694 bits per heavy atom. The monoisotopic (exact) mass is 923 g/mol. The molecule has 0 bridgehead atoms. The number of aliphatic hydroxyl groups excluding tert-OH is 3. The third kappa shape index (κ3) is 17.9. The van der Waals surface area contributed by atoms with Gasteiger partial charge in [0.05, 0.1) is 37.3 Å². The summed E-state index contributed by atoms with van der Waals surface area (Å²) in [6.07, 6.45) is -4.21. The second kappa shape index (κ2) is 27.3. The molecule has 0 aromatic carbocycles. The van der Waals surface area contributed by atoms with Gasteiger partial charge < -0.3 is 79.7 Å². The molecule has 1 saturated heterocycles. The number of thiol groups is 2. The highest BCUT2D eigenvalue weighted by atomic mass is 32.1. The third-order valence-electron chi connectivity index (χ3n) is 9.40. The van der Waals surface area contributed by atoms with Crippen molar-refractivity contribution in [3.63, 3.8) is 0 Å². The standard InChI is InChI=1S/C35H61N11O14S2/c1-15(47)25(31(55)39-12-24(51)43-26(16(2)48)32(56)42-21(14-62)35(59)60)45-33(57)27(17(3)49)44-30(54)22-8-6-10-46(22)34(58)20(11-23(38)50)41-29(53)19(7-4-5-9-36)40-28(52)18(37)13-61/h15-22,25-27,47-49,61-62H,4-14,36-37H2,1-3H3,(H2,38,50)(H,39,55)(H,40,52)(H,41,53)(H,42,56)(H,43,51)(H,44,54)(H,45,57)(H,59,60)/t15-,16-,17-,18+,19+,20+,21+,22+,25+,26+,27+/m1/s1. The van der Waals surface area contributed by atoms with Gasteiger partial charge in [-0.1, -0.05) is 0 Å². The van der Waals surface area contributed by atoms with Crippen molar-refractivity contribution in [3.8, 4) is 0 Å². The number of rotatable bonds is 27. The van der Waals surface area contributed by atoms with E-state index >= 15 is 0 Å². The van der Waals surface area contributed by atoms with Crippen LogP contribution in [0.5, 0.6) is 0 Å². The molecule has 1 fully saturated rings. The van der Waals surface area contributed by atoms with Crippen molar-refractivity contribution >= 4 is 84.4 Å². The SMILES string of the molecule is C[C@@H](O)[C@H](NC(=O)CNC(=O)[C@@H](NC(=O)[C@@H](NC(=O)[C@@H]1CCCN1C(=O)[C@H](CC(N)=O)NC(=O)[C@H](CCCCN)NC(=O)[C@@H](N)CS)[C@@H](C)O)[C@@H](C)O)C(=O)N[C@@H](CS)C(=O)O. The number of nitrogens with zero attached hydrogens (tertiary/aromatic N) is 1. The van der Waals surface area contributed by atoms with E-state index in [4.69, 9.17) is 22.3 Å². The number of hydrogen-bond donors (Lipinski definition) is 16. The number of nitrogens with two attached hydrogens (primary N) is 3. The van der Waals surface area contributed by atoms with E-state index in [-0.39, 0.29) is 37.3 Å². The second-order valence-electron chi connectivity index (χ2n) is 14.6. The molecule has 1 rings (SSSR count). The lowest BCUT2D eigenvalue weighted by Crippen LogP contribution is -2.62. The topological polar surface area (TPSA) is 417 Å². The van der Waals surface area contributed by atoms with E-state index in [1.165, 1.54) is 0 Å². The van der Waals surface area contributed by atoms with Crippen molar-refractivity contribution < 1.29 is 68.4 Å². The van der Waals surface area contributed by atoms with Crippen LogP contribution in [0.15, 0.2) is 0 Å². The summed E-state index contributed by atoms with van der Waals surface area (Å²) in [5.74, 6) is -10.6. The van der Waals surface area contributed by atoms with E-state index in [0.29, 0.717) is 19.4 Å². The quantitative estimate of drug-likeness (QED) is 0.0269. The van der Waals surface area contributed by atoms with Gasteiger partial charge in [0.25, 0.3) is 0 Å². The normalized spacial score (nSPS) is 18.4. The van der Waals surface area contributed by atoms with Crippen LogP contribution in [0, 0.1) is 0 Å². The molecular weight excluding hydrogens is 863 g/mol. The van der Waals surface area contributed by atoms with Crippen LogP contribution >= 0.6 is 25.3 Å². The average Bonchev–Trinajstić information content (AvgIpc) is 3.70. The van der Waals surface area contributed by atoms with Gasteiger partial charge in [-0.2, -0.15) is 25.3 Å². The van der Waals surface area contributed by atoms with Crippen LogP contribution < -0.4 is 54.4 Å². The number of amides is 9. The smallest absolute Gasteiger partial charge is 0.327 e. The Morgan fingerprint density at radius 2 is 1.23 bits per heavy atom. The van der Waals surface area contributed by atoms with Gasteiger partial charge in [0.15, 0.2) is 0 Å². The first-order valence-electron chi connectivity index (χ1n) is 19.6. The molecular formula is C35H61N11O14S2. The highest BCUT2D eigenvalue weighted by Crippen LogP contribution is 2.20. The number of carboxylic acid groups (broad SMARTS) is 1. The lowest BCUT2D eigenvalue weighted by molar-refractivity contribution is -0.144. The number of carbonyl (C=O) groups excluding carboxylic acids is 9. The Kier molecular flexibility index (Phi) is 24.3. The Bertz CT molecular complexity index is 1610. The largest absolute Gasteiger partial charge is 0.480 e. The Hall–Kier alpha value is -4.80. The molecule has 0 saturated carbocycles. The maximum Gasteiger partial charge on any atom is 0.327 e. The van der Waals surface area contributed by atoms with Crippen molar-refractivity contribution in [2.24, 2.45) is 17.2 Å². The highest BCUT2D eigenvalue weighted by Gasteiger charge is 2.41. The molecule has 1 aliphatic heterocycles. The molecule has 352 valence electrons. The van der Waals surface area contributed by atoms with E-state index in [1.807, 2.05) is 0 Å². The van der Waals surface area contributed by atoms with Crippen LogP contribution in [-0.4, -0.2) is 182 Å². The number of primary amides is 1. The molecule has 1 aliphatic rings. The fraction of sp³-hybridized carbons (Fsp3) is 0.714. The molecule has 62 heavy (non-hydrogen) atoms. The highest BCUT2D eigenvalue weighted by molar-refractivity contribution is 7.80. The molecule has 0 spiro atoms. The molecule has 0 aromatic rings. The number of carbonyl (C=O) groups is 10. The lowest BCUT2D eigenvalue weighted by atomic mass is 10.1. The number of unbranched alkanes of at least 4 members (excludes halogenated alkanes) is 1. The van der Waals surface area contributed by atoms with Crippen molar-refractivity contribution in [3.05, 3.63) is 0 Å². The third-order valence-corrected chi connectivity index (χ3v) is 10.2. The Balaban J connectivity index is 3.12. The molecule has 9 amide bonds. The summed E-state index contributed by atoms with van der Waals surface area (Å²) in [7, 11) is 0. The number of nitrogens with one attached hydrogen (secondary N) is 7. The first-order chi connectivity index (χ1) is 29.0. The minimum absolute atomic E-state index is 0.0347. The lowest BCUT2D eigenvalue weighted by Gasteiger charge is -2.31. The number of likely N-dealkylation sites (tertiary alicyclic amines) is 1. The predicted octanol–water partition coefficient (Wildman–Crippen LogP) is -7.58. The summed E-state index contributed by atoms with van der Waals surface area (Å²) in [5.41, 5.74) is 16.7. The molecule has 11 atom stereocenters. The summed E-state index contributed by atoms with van der Waals surface area (Å²) < 4.78 is 0. The van der Waals surface area contributed by atoms with Gasteiger partial charge in [0, 0.05) is 18.1 Å². The summed E-state index contributed by atoms with van der Waals surface area (Å²) in [5, 5.41) is 55.8. The minimum Gasteiger partial charge on any atom is -0.480 e. The number of aliphatic hydroxyl groups is 3. The van der Waals surface area contributed by atoms with Gasteiger partial charge in [-0.3, -0.25) is 43.2 Å². The summed E-state index contributed by atoms with van der Waals surface area (Å²) in [4.78, 5) is 129. The van der Waals surface area contributed by atoms with Crippen molar-refractivity contribution in [2.45, 2.75) is 126 Å². The van der Waals surface area contributed by atoms with Crippen molar-refractivity contribution in [1.82, 2.24) is 42.1 Å². The maximum atomic E-state index is 13.9. The first-order valence-corrected chi connectivity index (χ1v) is 20.9. The molecule has 25 nitrogen and oxygen atoms in total. The van der Waals surface area contributed by atoms with Crippen LogP contribution in [0.1, 0.15) is 59.3 Å². The summed E-state index contributed by atoms with van der Waals surface area (Å²) >= 11 is 7.81. The van der Waals surface area contributed by atoms with Crippen LogP contribution in [0.3, 0.4) is 0 Å². The molecule has 0 unspecified atom stereocenters. The zero-order chi connectivity index (χ0) is 47.4. The van der Waals surface area contributed by atoms with Crippen molar-refractivity contribution in [2.75, 3.05) is 31.1 Å². The molecule has 0 radical (unpaired) electrons. The number of hydrogen-bond acceptors (Lipinski definition) is 17. The van der Waals surface area contributed by atoms with Crippen LogP contribution in [-0.2, 0) is 47.9 Å². The molecule has 0 aromatic heterocycles. The Morgan fingerprint density at radius 3 is 1.74 bits per heavy atom. The van der Waals surface area contributed by atoms with Gasteiger partial charge in [0.2, 0.25) is 53.2 Å². The van der Waals surface area contributed by atoms with Gasteiger partial charge in [-0.05, 0) is 59.4 Å². The zero-order valence-corrected chi connectivity index (χ0v) is 36.4. The molecule has 17 N–H and O–H groups in total. The summed E-state index contributed by atoms with van der Waals surface area (Å²) in [6.45, 7) is 2.75. The molecule has 0 aliphatic carbocycles. The number of carboxylic acids is 1. The van der Waals surface area contributed by atoms with Gasteiger partial charge >= 0.3 is 5.97 Å². The van der Waals surface area contributed by atoms with Crippen molar-refractivity contribution in [1.29, 1.82) is 0 Å². The average molecular weight is 924 g/mol. The fourth-order valence-corrected chi connectivity index (χ4v) is 6.37. The zero-order valence-electron chi connectivity index (χ0n) is 34.6. The number of aliphatic carboxylic acids is 1. The first kappa shape index (κ1) is 55.2. The van der Waals surface area contributed by atoms with Gasteiger partial charge in [0.1, 0.15) is 42.3 Å². The maximum absolute atomic E-state index is 13.9. The van der Waals surface area contributed by atoms with Crippen LogP contribution in [0.25, 0.3) is 0 Å². The van der Waals surface area contributed by atoms with E-state index < -0.39 is 139 Å². The van der Waals surface area contributed by atoms with Gasteiger partial charge in [-0.15, -0.1) is 0 Å². The second-order valence-corrected chi connectivity index (χ2v) is 15.3. The van der Waals surface area contributed by atoms with Crippen LogP contribution in [0.4, 0.5) is 0 Å². The summed E-state index contributed by atoms with van der Waals surface area (Å²) in [6, 6.07) is -11.8. The van der Waals surface area contributed by atoms with E-state index in [1.54, 1.807) is 0 Å². The van der Waals surface area contributed by atoms with E-state index in [2.05, 4.69) is 62.5 Å². The van der Waals surface area contributed by atoms with Gasteiger partial charge in [-0.25, -0.2) is 4.79 Å². The molecule has 1 heterocycles. The minimum atomic E-state index is -1.80. The molecule has 27 heteroatoms. The Labute approximate surface area is 368 Å².